The number of para-hydroxylation sites is 1. The molecule has 0 bridgehead atoms. The highest BCUT2D eigenvalue weighted by molar-refractivity contribution is 5.89. The van der Waals surface area contributed by atoms with Gasteiger partial charge in [-0.25, -0.2) is 4.79 Å². The second-order valence-corrected chi connectivity index (χ2v) is 6.25. The fraction of sp³-hybridized carbons (Fsp3) is 0.333. The number of aryl methyl sites for hydroxylation is 2. The lowest BCUT2D eigenvalue weighted by atomic mass is 10.0. The maximum Gasteiger partial charge on any atom is 0.335 e. The van der Waals surface area contributed by atoms with Crippen LogP contribution in [0.4, 0.5) is 0 Å². The maximum atomic E-state index is 12.3. The van der Waals surface area contributed by atoms with Crippen LogP contribution in [0.25, 0.3) is 0 Å². The van der Waals surface area contributed by atoms with E-state index in [1.165, 1.54) is 0 Å². The summed E-state index contributed by atoms with van der Waals surface area (Å²) in [7, 11) is 1.76. The van der Waals surface area contributed by atoms with Gasteiger partial charge in [0.15, 0.2) is 0 Å². The van der Waals surface area contributed by atoms with Crippen LogP contribution in [-0.2, 0) is 11.2 Å². The minimum absolute atomic E-state index is 0.00100. The highest BCUT2D eigenvalue weighted by Gasteiger charge is 2.13. The van der Waals surface area contributed by atoms with Crippen molar-refractivity contribution >= 4 is 11.9 Å². The smallest absolute Gasteiger partial charge is 0.335 e. The van der Waals surface area contributed by atoms with Crippen LogP contribution >= 0.6 is 0 Å². The number of benzene rings is 2. The third-order valence-electron chi connectivity index (χ3n) is 4.27. The van der Waals surface area contributed by atoms with Crippen molar-refractivity contribution in [2.45, 2.75) is 26.2 Å². The molecule has 0 fully saturated rings. The SMILES string of the molecule is Cc1ccccc1OCCCN(C)C(=O)CCc1ccccc1C(=O)O. The monoisotopic (exact) mass is 355 g/mol. The standard InChI is InChI=1S/C21H25NO4/c1-16-8-3-6-11-19(16)26-15-7-14-22(2)20(23)13-12-17-9-4-5-10-18(17)21(24)25/h3-6,8-11H,7,12-15H2,1-2H3,(H,24,25). The summed E-state index contributed by atoms with van der Waals surface area (Å²) in [5.41, 5.74) is 2.04. The van der Waals surface area contributed by atoms with Crippen LogP contribution < -0.4 is 4.74 Å². The van der Waals surface area contributed by atoms with E-state index in [-0.39, 0.29) is 11.5 Å². The number of amides is 1. The molecule has 138 valence electrons. The molecule has 2 aromatic rings. The van der Waals surface area contributed by atoms with Crippen LogP contribution in [0.5, 0.6) is 5.75 Å². The summed E-state index contributed by atoms with van der Waals surface area (Å²) in [6.07, 6.45) is 1.45. The van der Waals surface area contributed by atoms with Gasteiger partial charge in [0.1, 0.15) is 5.75 Å². The topological polar surface area (TPSA) is 66.8 Å². The van der Waals surface area contributed by atoms with Gasteiger partial charge in [0.05, 0.1) is 12.2 Å². The minimum atomic E-state index is -0.963. The number of aromatic carboxylic acids is 1. The largest absolute Gasteiger partial charge is 0.493 e. The quantitative estimate of drug-likeness (QED) is 0.699. The Morgan fingerprint density at radius 3 is 2.50 bits per heavy atom. The molecule has 0 aromatic heterocycles. The number of nitrogens with zero attached hydrogens (tertiary/aromatic N) is 1. The molecular weight excluding hydrogens is 330 g/mol. The molecule has 26 heavy (non-hydrogen) atoms. The molecule has 2 aromatic carbocycles. The van der Waals surface area contributed by atoms with E-state index in [1.807, 2.05) is 31.2 Å². The van der Waals surface area contributed by atoms with E-state index >= 15 is 0 Å². The third kappa shape index (κ3) is 5.62. The number of carboxylic acid groups (broad SMARTS) is 1. The Bertz CT molecular complexity index is 757. The Morgan fingerprint density at radius 2 is 1.77 bits per heavy atom. The Kier molecular flexibility index (Phi) is 7.21. The average Bonchev–Trinajstić information content (AvgIpc) is 2.64. The number of hydrogen-bond donors (Lipinski definition) is 1. The molecule has 0 atom stereocenters. The highest BCUT2D eigenvalue weighted by Crippen LogP contribution is 2.16. The molecule has 1 amide bonds. The van der Waals surface area contributed by atoms with E-state index in [2.05, 4.69) is 0 Å². The summed E-state index contributed by atoms with van der Waals surface area (Å²) >= 11 is 0. The Labute approximate surface area is 154 Å². The molecule has 0 heterocycles. The van der Waals surface area contributed by atoms with Gasteiger partial charge in [0.2, 0.25) is 5.91 Å². The molecule has 5 nitrogen and oxygen atoms in total. The Hall–Kier alpha value is -2.82. The zero-order valence-electron chi connectivity index (χ0n) is 15.3. The van der Waals surface area contributed by atoms with Gasteiger partial charge < -0.3 is 14.7 Å². The summed E-state index contributed by atoms with van der Waals surface area (Å²) in [6.45, 7) is 3.15. The second kappa shape index (κ2) is 9.61. The van der Waals surface area contributed by atoms with Gasteiger partial charge in [-0.1, -0.05) is 36.4 Å². The maximum absolute atomic E-state index is 12.3. The molecule has 0 aliphatic rings. The Morgan fingerprint density at radius 1 is 1.08 bits per heavy atom. The molecule has 0 spiro atoms. The number of ether oxygens (including phenoxy) is 1. The first-order valence-electron chi connectivity index (χ1n) is 8.72. The first kappa shape index (κ1) is 19.5. The van der Waals surface area contributed by atoms with Crippen LogP contribution in [0.2, 0.25) is 0 Å². The number of carboxylic acids is 1. The first-order valence-corrected chi connectivity index (χ1v) is 8.72. The summed E-state index contributed by atoms with van der Waals surface area (Å²) in [6, 6.07) is 14.6. The number of carbonyl (C=O) groups excluding carboxylic acids is 1. The molecule has 2 rings (SSSR count). The van der Waals surface area contributed by atoms with Crippen LogP contribution in [-0.4, -0.2) is 42.1 Å². The van der Waals surface area contributed by atoms with Crippen molar-refractivity contribution < 1.29 is 19.4 Å². The minimum Gasteiger partial charge on any atom is -0.493 e. The molecule has 0 unspecified atom stereocenters. The molecular formula is C21H25NO4. The average molecular weight is 355 g/mol. The van der Waals surface area contributed by atoms with Gasteiger partial charge in [-0.15, -0.1) is 0 Å². The van der Waals surface area contributed by atoms with Gasteiger partial charge in [-0.05, 0) is 43.0 Å². The van der Waals surface area contributed by atoms with Crippen molar-refractivity contribution in [3.8, 4) is 5.75 Å². The second-order valence-electron chi connectivity index (χ2n) is 6.25. The predicted octanol–water partition coefficient (Wildman–Crippen LogP) is 3.55. The third-order valence-corrected chi connectivity index (χ3v) is 4.27. The lowest BCUT2D eigenvalue weighted by molar-refractivity contribution is -0.129. The van der Waals surface area contributed by atoms with E-state index in [0.29, 0.717) is 31.6 Å². The van der Waals surface area contributed by atoms with Gasteiger partial charge in [0, 0.05) is 20.0 Å². The summed E-state index contributed by atoms with van der Waals surface area (Å²) in [4.78, 5) is 25.1. The van der Waals surface area contributed by atoms with E-state index in [4.69, 9.17) is 4.74 Å². The molecule has 5 heteroatoms. The lowest BCUT2D eigenvalue weighted by Gasteiger charge is -2.18. The van der Waals surface area contributed by atoms with Gasteiger partial charge >= 0.3 is 5.97 Å². The predicted molar refractivity (Wildman–Crippen MR) is 101 cm³/mol. The van der Waals surface area contributed by atoms with E-state index < -0.39 is 5.97 Å². The van der Waals surface area contributed by atoms with E-state index in [0.717, 1.165) is 17.7 Å². The van der Waals surface area contributed by atoms with Crippen molar-refractivity contribution in [3.63, 3.8) is 0 Å². The van der Waals surface area contributed by atoms with Crippen LogP contribution in [0, 0.1) is 6.92 Å². The molecule has 0 aliphatic carbocycles. The van der Waals surface area contributed by atoms with E-state index in [9.17, 15) is 14.7 Å². The van der Waals surface area contributed by atoms with Crippen molar-refractivity contribution in [2.24, 2.45) is 0 Å². The van der Waals surface area contributed by atoms with Crippen LogP contribution in [0.15, 0.2) is 48.5 Å². The number of rotatable bonds is 9. The molecule has 0 saturated carbocycles. The zero-order chi connectivity index (χ0) is 18.9. The fourth-order valence-electron chi connectivity index (χ4n) is 2.71. The zero-order valence-corrected chi connectivity index (χ0v) is 15.3. The fourth-order valence-corrected chi connectivity index (χ4v) is 2.71. The number of hydrogen-bond acceptors (Lipinski definition) is 3. The summed E-state index contributed by atoms with van der Waals surface area (Å²) < 4.78 is 5.74. The summed E-state index contributed by atoms with van der Waals surface area (Å²) in [5.74, 6) is -0.0948. The number of carbonyl (C=O) groups is 2. The van der Waals surface area contributed by atoms with Gasteiger partial charge in [0.25, 0.3) is 0 Å². The van der Waals surface area contributed by atoms with Gasteiger partial charge in [-0.2, -0.15) is 0 Å². The lowest BCUT2D eigenvalue weighted by Crippen LogP contribution is -2.29. The molecule has 0 radical (unpaired) electrons. The van der Waals surface area contributed by atoms with Crippen LogP contribution in [0.1, 0.15) is 34.3 Å². The highest BCUT2D eigenvalue weighted by atomic mass is 16.5. The van der Waals surface area contributed by atoms with Crippen molar-refractivity contribution in [2.75, 3.05) is 20.2 Å². The van der Waals surface area contributed by atoms with Gasteiger partial charge in [-0.3, -0.25) is 4.79 Å². The molecule has 1 N–H and O–H groups in total. The van der Waals surface area contributed by atoms with Crippen molar-refractivity contribution in [3.05, 3.63) is 65.2 Å². The normalized spacial score (nSPS) is 10.4. The van der Waals surface area contributed by atoms with Crippen molar-refractivity contribution in [1.29, 1.82) is 0 Å². The molecule has 0 saturated heterocycles. The first-order chi connectivity index (χ1) is 12.5. The molecule has 0 aliphatic heterocycles. The van der Waals surface area contributed by atoms with Crippen molar-refractivity contribution in [1.82, 2.24) is 4.90 Å². The van der Waals surface area contributed by atoms with Crippen LogP contribution in [0.3, 0.4) is 0 Å². The van der Waals surface area contributed by atoms with E-state index in [1.54, 1.807) is 36.2 Å². The Balaban J connectivity index is 1.74. The summed E-state index contributed by atoms with van der Waals surface area (Å²) in [5, 5.41) is 9.19.